The number of benzene rings is 2. The number of anilines is 2. The van der Waals surface area contributed by atoms with Gasteiger partial charge in [0.05, 0.1) is 11.2 Å². The fourth-order valence-electron chi connectivity index (χ4n) is 2.74. The Bertz CT molecular complexity index is 1050. The van der Waals surface area contributed by atoms with Crippen LogP contribution in [0.3, 0.4) is 0 Å². The summed E-state index contributed by atoms with van der Waals surface area (Å²) in [6, 6.07) is 11.0. The molecule has 0 spiro atoms. The van der Waals surface area contributed by atoms with Crippen LogP contribution in [0.1, 0.15) is 19.8 Å². The summed E-state index contributed by atoms with van der Waals surface area (Å²) in [4.78, 5) is 35.1. The molecule has 1 heterocycles. The predicted molar refractivity (Wildman–Crippen MR) is 99.0 cm³/mol. The summed E-state index contributed by atoms with van der Waals surface area (Å²) in [5.74, 6) is -1.74. The van der Waals surface area contributed by atoms with E-state index in [9.17, 15) is 18.8 Å². The highest BCUT2D eigenvalue weighted by atomic mass is 19.1. The number of hydrogen-bond acceptors (Lipinski definition) is 4. The van der Waals surface area contributed by atoms with Crippen LogP contribution in [0, 0.1) is 5.82 Å². The number of aryl methyl sites for hydroxylation is 1. The fourth-order valence-corrected chi connectivity index (χ4v) is 2.74. The lowest BCUT2D eigenvalue weighted by Crippen LogP contribution is -2.17. The molecule has 3 rings (SSSR count). The van der Waals surface area contributed by atoms with Crippen molar-refractivity contribution in [3.63, 3.8) is 0 Å². The zero-order valence-corrected chi connectivity index (χ0v) is 14.6. The maximum Gasteiger partial charge on any atom is 0.419 e. The van der Waals surface area contributed by atoms with Gasteiger partial charge in [0.1, 0.15) is 5.82 Å². The van der Waals surface area contributed by atoms with Gasteiger partial charge in [-0.25, -0.2) is 9.18 Å². The van der Waals surface area contributed by atoms with Crippen LogP contribution in [-0.2, 0) is 16.1 Å². The van der Waals surface area contributed by atoms with Crippen LogP contribution in [-0.4, -0.2) is 16.4 Å². The van der Waals surface area contributed by atoms with Crippen molar-refractivity contribution in [2.45, 2.75) is 26.3 Å². The van der Waals surface area contributed by atoms with Gasteiger partial charge in [-0.15, -0.1) is 0 Å². The third kappa shape index (κ3) is 4.41. The molecule has 0 saturated carbocycles. The monoisotopic (exact) mass is 371 g/mol. The standard InChI is InChI=1S/C19H18FN3O4/c1-12(24)21-15-11-13(8-9-14(15)20)22-18(25)7-4-10-23-16-5-2-3-6-17(16)27-19(23)26/h2-3,5-6,8-9,11H,4,7,10H2,1H3,(H,21,24)(H,22,25). The van der Waals surface area contributed by atoms with Gasteiger partial charge in [0, 0.05) is 25.6 Å². The zero-order chi connectivity index (χ0) is 19.4. The number of aromatic nitrogens is 1. The number of para-hydroxylation sites is 2. The SMILES string of the molecule is CC(=O)Nc1cc(NC(=O)CCCn2c(=O)oc3ccccc32)ccc1F. The van der Waals surface area contributed by atoms with Crippen molar-refractivity contribution in [3.05, 3.63) is 58.8 Å². The van der Waals surface area contributed by atoms with Crippen LogP contribution >= 0.6 is 0 Å². The maximum atomic E-state index is 13.6. The highest BCUT2D eigenvalue weighted by Crippen LogP contribution is 2.20. The van der Waals surface area contributed by atoms with Crippen molar-refractivity contribution >= 4 is 34.3 Å². The molecular formula is C19H18FN3O4. The molecular weight excluding hydrogens is 353 g/mol. The minimum absolute atomic E-state index is 0.00304. The number of carbonyl (C=O) groups is 2. The van der Waals surface area contributed by atoms with Crippen molar-refractivity contribution in [2.75, 3.05) is 10.6 Å². The van der Waals surface area contributed by atoms with Crippen LogP contribution in [0.4, 0.5) is 15.8 Å². The molecule has 0 fully saturated rings. The highest BCUT2D eigenvalue weighted by Gasteiger charge is 2.10. The summed E-state index contributed by atoms with van der Waals surface area (Å²) in [7, 11) is 0. The third-order valence-corrected chi connectivity index (χ3v) is 3.92. The first-order valence-corrected chi connectivity index (χ1v) is 8.39. The van der Waals surface area contributed by atoms with E-state index >= 15 is 0 Å². The topological polar surface area (TPSA) is 93.3 Å². The summed E-state index contributed by atoms with van der Waals surface area (Å²) in [6.07, 6.45) is 0.591. The lowest BCUT2D eigenvalue weighted by Gasteiger charge is -2.09. The number of carbonyl (C=O) groups excluding carboxylic acids is 2. The number of halogens is 1. The zero-order valence-electron chi connectivity index (χ0n) is 14.6. The van der Waals surface area contributed by atoms with Gasteiger partial charge in [0.15, 0.2) is 5.58 Å². The largest absolute Gasteiger partial charge is 0.419 e. The lowest BCUT2D eigenvalue weighted by atomic mass is 10.2. The van der Waals surface area contributed by atoms with Gasteiger partial charge in [0.2, 0.25) is 11.8 Å². The van der Waals surface area contributed by atoms with E-state index < -0.39 is 17.5 Å². The highest BCUT2D eigenvalue weighted by molar-refractivity contribution is 5.93. The second-order valence-corrected chi connectivity index (χ2v) is 6.01. The van der Waals surface area contributed by atoms with E-state index in [0.717, 1.165) is 6.07 Å². The molecule has 0 unspecified atom stereocenters. The molecule has 140 valence electrons. The second kappa shape index (κ2) is 7.86. The lowest BCUT2D eigenvalue weighted by molar-refractivity contribution is -0.116. The first-order valence-electron chi connectivity index (χ1n) is 8.39. The number of rotatable bonds is 6. The minimum Gasteiger partial charge on any atom is -0.408 e. The van der Waals surface area contributed by atoms with Gasteiger partial charge in [-0.2, -0.15) is 0 Å². The van der Waals surface area contributed by atoms with E-state index in [1.54, 1.807) is 18.2 Å². The normalized spacial score (nSPS) is 10.7. The number of nitrogens with zero attached hydrogens (tertiary/aromatic N) is 1. The predicted octanol–water partition coefficient (Wildman–Crippen LogP) is 3.11. The maximum absolute atomic E-state index is 13.6. The molecule has 8 heteroatoms. The Morgan fingerprint density at radius 1 is 1.15 bits per heavy atom. The van der Waals surface area contributed by atoms with E-state index in [1.165, 1.54) is 23.6 Å². The fraction of sp³-hybridized carbons (Fsp3) is 0.211. The summed E-state index contributed by atoms with van der Waals surface area (Å²) >= 11 is 0. The van der Waals surface area contributed by atoms with Crippen LogP contribution in [0.15, 0.2) is 51.7 Å². The van der Waals surface area contributed by atoms with Gasteiger partial charge in [-0.1, -0.05) is 12.1 Å². The molecule has 2 amide bonds. The van der Waals surface area contributed by atoms with E-state index in [-0.39, 0.29) is 18.0 Å². The molecule has 0 bridgehead atoms. The van der Waals surface area contributed by atoms with Crippen LogP contribution in [0.5, 0.6) is 0 Å². The number of amides is 2. The van der Waals surface area contributed by atoms with Gasteiger partial charge in [0.25, 0.3) is 0 Å². The Kier molecular flexibility index (Phi) is 5.35. The minimum atomic E-state index is -0.589. The number of nitrogens with one attached hydrogen (secondary N) is 2. The first-order chi connectivity index (χ1) is 12.9. The van der Waals surface area contributed by atoms with Crippen molar-refractivity contribution in [1.29, 1.82) is 0 Å². The quantitative estimate of drug-likeness (QED) is 0.696. The Hall–Kier alpha value is -3.42. The smallest absolute Gasteiger partial charge is 0.408 e. The molecule has 2 N–H and O–H groups in total. The second-order valence-electron chi connectivity index (χ2n) is 6.01. The van der Waals surface area contributed by atoms with Crippen molar-refractivity contribution in [1.82, 2.24) is 4.57 Å². The van der Waals surface area contributed by atoms with E-state index in [1.807, 2.05) is 6.07 Å². The molecule has 0 saturated heterocycles. The molecule has 0 radical (unpaired) electrons. The first kappa shape index (κ1) is 18.4. The van der Waals surface area contributed by atoms with Crippen LogP contribution < -0.4 is 16.4 Å². The molecule has 2 aromatic carbocycles. The molecule has 0 atom stereocenters. The van der Waals surface area contributed by atoms with Crippen molar-refractivity contribution in [3.8, 4) is 0 Å². The van der Waals surface area contributed by atoms with Crippen molar-refractivity contribution < 1.29 is 18.4 Å². The van der Waals surface area contributed by atoms with Crippen LogP contribution in [0.2, 0.25) is 0 Å². The van der Waals surface area contributed by atoms with Crippen LogP contribution in [0.25, 0.3) is 11.1 Å². The van der Waals surface area contributed by atoms with Gasteiger partial charge < -0.3 is 15.1 Å². The Balaban J connectivity index is 1.59. The van der Waals surface area contributed by atoms with E-state index in [0.29, 0.717) is 29.8 Å². The van der Waals surface area contributed by atoms with Gasteiger partial charge in [-0.3, -0.25) is 14.2 Å². The Morgan fingerprint density at radius 2 is 1.93 bits per heavy atom. The number of fused-ring (bicyclic) bond motifs is 1. The average Bonchev–Trinajstić information content (AvgIpc) is 2.93. The summed E-state index contributed by atoms with van der Waals surface area (Å²) in [5, 5.41) is 5.00. The molecule has 0 aliphatic rings. The molecule has 0 aliphatic carbocycles. The van der Waals surface area contributed by atoms with Gasteiger partial charge >= 0.3 is 5.76 Å². The Labute approximate surface area is 153 Å². The molecule has 27 heavy (non-hydrogen) atoms. The van der Waals surface area contributed by atoms with Gasteiger partial charge in [-0.05, 0) is 36.8 Å². The van der Waals surface area contributed by atoms with Crippen molar-refractivity contribution in [2.24, 2.45) is 0 Å². The molecule has 0 aliphatic heterocycles. The average molecular weight is 371 g/mol. The van der Waals surface area contributed by atoms with E-state index in [2.05, 4.69) is 10.6 Å². The number of hydrogen-bond donors (Lipinski definition) is 2. The number of oxazole rings is 1. The third-order valence-electron chi connectivity index (χ3n) is 3.92. The van der Waals surface area contributed by atoms with E-state index in [4.69, 9.17) is 4.42 Å². The molecule has 3 aromatic rings. The Morgan fingerprint density at radius 3 is 2.70 bits per heavy atom. The summed E-state index contributed by atoms with van der Waals surface area (Å²) in [6.45, 7) is 1.61. The summed E-state index contributed by atoms with van der Waals surface area (Å²) < 4.78 is 20.3. The molecule has 7 nitrogen and oxygen atoms in total. The molecule has 1 aromatic heterocycles. The summed E-state index contributed by atoms with van der Waals surface area (Å²) in [5.41, 5.74) is 1.55.